The molecule has 0 atom stereocenters. The van der Waals surface area contributed by atoms with Crippen LogP contribution in [-0.2, 0) is 0 Å². The Morgan fingerprint density at radius 1 is 1.00 bits per heavy atom. The van der Waals surface area contributed by atoms with E-state index in [1.807, 2.05) is 0 Å². The van der Waals surface area contributed by atoms with Crippen LogP contribution in [0.2, 0.25) is 0 Å². The number of hydrogen-bond donors (Lipinski definition) is 0. The molecule has 0 bridgehead atoms. The highest BCUT2D eigenvalue weighted by molar-refractivity contribution is 4.72. The van der Waals surface area contributed by atoms with Crippen LogP contribution >= 0.6 is 0 Å². The van der Waals surface area contributed by atoms with Gasteiger partial charge in [0.1, 0.15) is 0 Å². The van der Waals surface area contributed by atoms with Gasteiger partial charge < -0.3 is 0 Å². The summed E-state index contributed by atoms with van der Waals surface area (Å²) < 4.78 is 0. The van der Waals surface area contributed by atoms with E-state index in [1.54, 1.807) is 0 Å². The molecule has 0 aromatic rings. The van der Waals surface area contributed by atoms with Crippen LogP contribution in [0.3, 0.4) is 0 Å². The van der Waals surface area contributed by atoms with E-state index in [4.69, 9.17) is 0 Å². The Labute approximate surface area is 72.4 Å². The molecule has 0 aliphatic carbocycles. The minimum atomic E-state index is 0.532. The molecule has 0 saturated heterocycles. The van der Waals surface area contributed by atoms with E-state index < -0.39 is 0 Å². The fourth-order valence-electron chi connectivity index (χ4n) is 0.949. The Kier molecular flexibility index (Phi) is 4.13. The molecule has 0 heterocycles. The van der Waals surface area contributed by atoms with Crippen molar-refractivity contribution in [3.63, 3.8) is 0 Å². The van der Waals surface area contributed by atoms with E-state index >= 15 is 0 Å². The van der Waals surface area contributed by atoms with Crippen LogP contribution in [0.1, 0.15) is 54.4 Å². The van der Waals surface area contributed by atoms with Gasteiger partial charge in [-0.05, 0) is 23.7 Å². The van der Waals surface area contributed by atoms with Crippen molar-refractivity contribution >= 4 is 0 Å². The van der Waals surface area contributed by atoms with Crippen molar-refractivity contribution in [1.29, 1.82) is 0 Å². The summed E-state index contributed by atoms with van der Waals surface area (Å²) in [7, 11) is 0. The van der Waals surface area contributed by atoms with Crippen molar-refractivity contribution in [2.45, 2.75) is 54.4 Å². The van der Waals surface area contributed by atoms with Crippen LogP contribution in [0.5, 0.6) is 0 Å². The molecule has 0 fully saturated rings. The third-order valence-electron chi connectivity index (χ3n) is 2.93. The molecular weight excluding hydrogens is 132 g/mol. The highest BCUT2D eigenvalue weighted by atomic mass is 14.3. The van der Waals surface area contributed by atoms with Crippen molar-refractivity contribution in [1.82, 2.24) is 0 Å². The molecule has 0 aliphatic heterocycles. The largest absolute Gasteiger partial charge is 0.0628 e. The van der Waals surface area contributed by atoms with Gasteiger partial charge in [0.2, 0.25) is 0 Å². The van der Waals surface area contributed by atoms with Gasteiger partial charge in [0, 0.05) is 0 Å². The molecule has 0 N–H and O–H groups in total. The Bertz CT molecular complexity index is 98.6. The lowest BCUT2D eigenvalue weighted by Crippen LogP contribution is -2.19. The summed E-state index contributed by atoms with van der Waals surface area (Å²) in [5.41, 5.74) is 0.532. The summed E-state index contributed by atoms with van der Waals surface area (Å²) in [5.74, 6) is 1.66. The minimum Gasteiger partial charge on any atom is -0.0628 e. The average Bonchev–Trinajstić information content (AvgIpc) is 1.84. The van der Waals surface area contributed by atoms with Crippen LogP contribution in [0.15, 0.2) is 0 Å². The van der Waals surface area contributed by atoms with Gasteiger partial charge in [-0.15, -0.1) is 0 Å². The lowest BCUT2D eigenvalue weighted by atomic mass is 9.76. The topological polar surface area (TPSA) is 0 Å². The molecular formula is C11H24. The molecule has 0 nitrogen and oxygen atoms in total. The van der Waals surface area contributed by atoms with Gasteiger partial charge in [-0.2, -0.15) is 0 Å². The van der Waals surface area contributed by atoms with E-state index in [1.165, 1.54) is 12.8 Å². The fourth-order valence-corrected chi connectivity index (χ4v) is 0.949. The lowest BCUT2D eigenvalue weighted by Gasteiger charge is -2.29. The average molecular weight is 156 g/mol. The highest BCUT2D eigenvalue weighted by Crippen LogP contribution is 2.32. The van der Waals surface area contributed by atoms with Crippen molar-refractivity contribution in [3.05, 3.63) is 0 Å². The summed E-state index contributed by atoms with van der Waals surface area (Å²) in [4.78, 5) is 0. The summed E-state index contributed by atoms with van der Waals surface area (Å²) in [6.45, 7) is 14.0. The van der Waals surface area contributed by atoms with Crippen molar-refractivity contribution in [2.24, 2.45) is 17.3 Å². The van der Waals surface area contributed by atoms with Crippen LogP contribution in [0.4, 0.5) is 0 Å². The molecule has 0 rings (SSSR count). The standard InChI is InChI=1S/C11H24/c1-9(2)7-8-11(5,6)10(3)4/h9-10H,7-8H2,1-6H3. The maximum Gasteiger partial charge on any atom is -0.0331 e. The molecule has 0 aromatic heterocycles. The Balaban J connectivity index is 3.73. The Morgan fingerprint density at radius 3 is 1.73 bits per heavy atom. The van der Waals surface area contributed by atoms with E-state index in [0.29, 0.717) is 5.41 Å². The zero-order valence-electron chi connectivity index (χ0n) is 9.07. The molecule has 0 aromatic carbocycles. The zero-order chi connectivity index (χ0) is 9.07. The lowest BCUT2D eigenvalue weighted by molar-refractivity contribution is 0.213. The van der Waals surface area contributed by atoms with Crippen LogP contribution in [0, 0.1) is 17.3 Å². The highest BCUT2D eigenvalue weighted by Gasteiger charge is 2.21. The summed E-state index contributed by atoms with van der Waals surface area (Å²) >= 11 is 0. The second-order valence-corrected chi connectivity index (χ2v) is 5.08. The quantitative estimate of drug-likeness (QED) is 0.574. The second-order valence-electron chi connectivity index (χ2n) is 5.08. The Hall–Kier alpha value is 0. The summed E-state index contributed by atoms with van der Waals surface area (Å²) in [6.07, 6.45) is 2.73. The molecule has 0 amide bonds. The molecule has 0 heteroatoms. The molecule has 0 unspecified atom stereocenters. The van der Waals surface area contributed by atoms with Gasteiger partial charge in [-0.3, -0.25) is 0 Å². The SMILES string of the molecule is CC(C)CCC(C)(C)C(C)C. The van der Waals surface area contributed by atoms with Crippen LogP contribution in [0.25, 0.3) is 0 Å². The molecule has 11 heavy (non-hydrogen) atoms. The maximum absolute atomic E-state index is 2.38. The van der Waals surface area contributed by atoms with Crippen LogP contribution < -0.4 is 0 Å². The summed E-state index contributed by atoms with van der Waals surface area (Å²) in [6, 6.07) is 0. The zero-order valence-corrected chi connectivity index (χ0v) is 9.07. The predicted octanol–water partition coefficient (Wildman–Crippen LogP) is 4.10. The Morgan fingerprint density at radius 2 is 1.45 bits per heavy atom. The first-order valence-corrected chi connectivity index (χ1v) is 4.86. The van der Waals surface area contributed by atoms with Crippen molar-refractivity contribution in [3.8, 4) is 0 Å². The first-order chi connectivity index (χ1) is 4.86. The number of rotatable bonds is 4. The fraction of sp³-hybridized carbons (Fsp3) is 1.00. The summed E-state index contributed by atoms with van der Waals surface area (Å²) in [5, 5.41) is 0. The van der Waals surface area contributed by atoms with E-state index in [9.17, 15) is 0 Å². The van der Waals surface area contributed by atoms with Gasteiger partial charge in [-0.25, -0.2) is 0 Å². The van der Waals surface area contributed by atoms with E-state index in [-0.39, 0.29) is 0 Å². The monoisotopic (exact) mass is 156 g/mol. The van der Waals surface area contributed by atoms with Gasteiger partial charge in [0.25, 0.3) is 0 Å². The van der Waals surface area contributed by atoms with Crippen LogP contribution in [-0.4, -0.2) is 0 Å². The first-order valence-electron chi connectivity index (χ1n) is 4.86. The van der Waals surface area contributed by atoms with Gasteiger partial charge in [-0.1, -0.05) is 48.0 Å². The van der Waals surface area contributed by atoms with Crippen molar-refractivity contribution in [2.75, 3.05) is 0 Å². The van der Waals surface area contributed by atoms with Gasteiger partial charge in [0.05, 0.1) is 0 Å². The van der Waals surface area contributed by atoms with E-state index in [2.05, 4.69) is 41.5 Å². The second kappa shape index (κ2) is 4.13. The normalized spacial score (nSPS) is 13.1. The first kappa shape index (κ1) is 11.0. The molecule has 0 radical (unpaired) electrons. The van der Waals surface area contributed by atoms with Gasteiger partial charge in [0.15, 0.2) is 0 Å². The minimum absolute atomic E-state index is 0.532. The third kappa shape index (κ3) is 4.44. The smallest absolute Gasteiger partial charge is 0.0331 e. The third-order valence-corrected chi connectivity index (χ3v) is 2.93. The predicted molar refractivity (Wildman–Crippen MR) is 52.7 cm³/mol. The molecule has 0 saturated carbocycles. The maximum atomic E-state index is 2.38. The number of hydrogen-bond acceptors (Lipinski definition) is 0. The molecule has 0 aliphatic rings. The van der Waals surface area contributed by atoms with Crippen molar-refractivity contribution < 1.29 is 0 Å². The van der Waals surface area contributed by atoms with Gasteiger partial charge >= 0.3 is 0 Å². The molecule has 68 valence electrons. The van der Waals surface area contributed by atoms with E-state index in [0.717, 1.165) is 11.8 Å². The molecule has 0 spiro atoms.